The number of hydrogen-bond donors (Lipinski definition) is 0. The molecule has 2 heterocycles. The van der Waals surface area contributed by atoms with Gasteiger partial charge in [-0.05, 0) is 18.9 Å². The predicted octanol–water partition coefficient (Wildman–Crippen LogP) is 1.34. The summed E-state index contributed by atoms with van der Waals surface area (Å²) in [5.74, 6) is -0.812. The Labute approximate surface area is 88.2 Å². The summed E-state index contributed by atoms with van der Waals surface area (Å²) >= 11 is 0. The van der Waals surface area contributed by atoms with Gasteiger partial charge in [0.1, 0.15) is 6.10 Å². The molecule has 82 valence electrons. The lowest BCUT2D eigenvalue weighted by molar-refractivity contribution is -0.194. The average molecular weight is 210 g/mol. The average Bonchev–Trinajstić information content (AvgIpc) is 2.12. The summed E-state index contributed by atoms with van der Waals surface area (Å²) < 4.78 is 10.4. The van der Waals surface area contributed by atoms with Crippen LogP contribution in [0, 0.1) is 0 Å². The third kappa shape index (κ3) is 1.89. The molecule has 0 amide bonds. The summed E-state index contributed by atoms with van der Waals surface area (Å²) in [6.45, 7) is 1.32. The van der Waals surface area contributed by atoms with E-state index in [-0.39, 0.29) is 6.10 Å². The van der Waals surface area contributed by atoms with Crippen LogP contribution in [0.3, 0.4) is 0 Å². The van der Waals surface area contributed by atoms with Crippen molar-refractivity contribution < 1.29 is 19.1 Å². The molecule has 1 aliphatic carbocycles. The van der Waals surface area contributed by atoms with Crippen molar-refractivity contribution in [3.05, 3.63) is 12.2 Å². The van der Waals surface area contributed by atoms with Gasteiger partial charge in [0, 0.05) is 19.8 Å². The summed E-state index contributed by atoms with van der Waals surface area (Å²) in [4.78, 5) is 22.7. The Morgan fingerprint density at radius 3 is 3.07 bits per heavy atom. The molecule has 0 unspecified atom stereocenters. The largest absolute Gasteiger partial charge is 0.455 e. The van der Waals surface area contributed by atoms with Crippen molar-refractivity contribution in [2.45, 2.75) is 44.3 Å². The van der Waals surface area contributed by atoms with Crippen molar-refractivity contribution >= 4 is 11.9 Å². The summed E-state index contributed by atoms with van der Waals surface area (Å²) in [7, 11) is 0. The van der Waals surface area contributed by atoms with Gasteiger partial charge in [0.25, 0.3) is 0 Å². The number of fused-ring (bicyclic) bond motifs is 4. The maximum Gasteiger partial charge on any atom is 0.351 e. The Hall–Kier alpha value is -1.32. The van der Waals surface area contributed by atoms with E-state index >= 15 is 0 Å². The summed E-state index contributed by atoms with van der Waals surface area (Å²) in [5, 5.41) is 0. The smallest absolute Gasteiger partial charge is 0.351 e. The van der Waals surface area contributed by atoms with Crippen molar-refractivity contribution in [1.29, 1.82) is 0 Å². The van der Waals surface area contributed by atoms with E-state index in [4.69, 9.17) is 9.47 Å². The molecule has 0 spiro atoms. The first kappa shape index (κ1) is 10.2. The van der Waals surface area contributed by atoms with Crippen LogP contribution in [-0.4, -0.2) is 23.6 Å². The maximum absolute atomic E-state index is 11.8. The van der Waals surface area contributed by atoms with E-state index in [2.05, 4.69) is 0 Å². The van der Waals surface area contributed by atoms with Crippen molar-refractivity contribution in [2.75, 3.05) is 0 Å². The van der Waals surface area contributed by atoms with Gasteiger partial charge in [-0.15, -0.1) is 0 Å². The number of hydrogen-bond acceptors (Lipinski definition) is 4. The van der Waals surface area contributed by atoms with Crippen LogP contribution < -0.4 is 0 Å². The third-order valence-electron chi connectivity index (χ3n) is 2.87. The van der Waals surface area contributed by atoms with E-state index < -0.39 is 17.5 Å². The van der Waals surface area contributed by atoms with Crippen LogP contribution in [0.15, 0.2) is 12.2 Å². The number of rotatable bonds is 1. The zero-order valence-electron chi connectivity index (χ0n) is 8.69. The normalized spacial score (nSPS) is 36.3. The van der Waals surface area contributed by atoms with E-state index in [9.17, 15) is 9.59 Å². The van der Waals surface area contributed by atoms with Crippen LogP contribution in [0.2, 0.25) is 0 Å². The zero-order chi connectivity index (χ0) is 10.9. The molecule has 2 aliphatic heterocycles. The van der Waals surface area contributed by atoms with Crippen LogP contribution in [-0.2, 0) is 19.1 Å². The molecule has 0 aromatic rings. The van der Waals surface area contributed by atoms with Crippen LogP contribution in [0.4, 0.5) is 0 Å². The maximum atomic E-state index is 11.8. The molecule has 0 aromatic carbocycles. The minimum absolute atomic E-state index is 0.138. The monoisotopic (exact) mass is 210 g/mol. The van der Waals surface area contributed by atoms with Crippen LogP contribution in [0.1, 0.15) is 32.6 Å². The fourth-order valence-electron chi connectivity index (χ4n) is 2.13. The molecule has 0 N–H and O–H groups in total. The lowest BCUT2D eigenvalue weighted by Gasteiger charge is -2.37. The molecule has 4 nitrogen and oxygen atoms in total. The van der Waals surface area contributed by atoms with Gasteiger partial charge in [-0.2, -0.15) is 0 Å². The number of carbonyl (C=O) groups excluding carboxylic acids is 2. The molecule has 1 saturated heterocycles. The summed E-state index contributed by atoms with van der Waals surface area (Å²) in [5.41, 5.74) is -1.02. The van der Waals surface area contributed by atoms with Crippen molar-refractivity contribution in [3.8, 4) is 0 Å². The highest BCUT2D eigenvalue weighted by atomic mass is 16.6. The number of carbonyl (C=O) groups is 2. The lowest BCUT2D eigenvalue weighted by Crippen LogP contribution is -2.50. The Balaban J connectivity index is 2.24. The van der Waals surface area contributed by atoms with Crippen molar-refractivity contribution in [1.82, 2.24) is 0 Å². The van der Waals surface area contributed by atoms with Gasteiger partial charge >= 0.3 is 11.9 Å². The van der Waals surface area contributed by atoms with Gasteiger partial charge in [0.15, 0.2) is 0 Å². The molecule has 0 radical (unpaired) electrons. The van der Waals surface area contributed by atoms with E-state index in [1.54, 1.807) is 0 Å². The molecule has 2 bridgehead atoms. The predicted molar refractivity (Wildman–Crippen MR) is 52.0 cm³/mol. The van der Waals surface area contributed by atoms with Crippen LogP contribution in [0.25, 0.3) is 0 Å². The fourth-order valence-corrected chi connectivity index (χ4v) is 2.13. The first-order chi connectivity index (χ1) is 7.12. The minimum atomic E-state index is -1.02. The van der Waals surface area contributed by atoms with Gasteiger partial charge in [0.05, 0.1) is 0 Å². The number of allylic oxidation sites excluding steroid dienone is 1. The van der Waals surface area contributed by atoms with E-state index in [0.717, 1.165) is 12.8 Å². The zero-order valence-corrected chi connectivity index (χ0v) is 8.69. The van der Waals surface area contributed by atoms with E-state index in [1.165, 1.54) is 6.92 Å². The summed E-state index contributed by atoms with van der Waals surface area (Å²) in [6.07, 6.45) is 6.33. The van der Waals surface area contributed by atoms with Crippen molar-refractivity contribution in [2.24, 2.45) is 0 Å². The fraction of sp³-hybridized carbons (Fsp3) is 0.636. The SMILES string of the molecule is CC(=O)O[C@]12CC/C=C\[C@H](CC1)OC2=O. The number of ether oxygens (including phenoxy) is 2. The third-order valence-corrected chi connectivity index (χ3v) is 2.87. The summed E-state index contributed by atoms with van der Waals surface area (Å²) in [6, 6.07) is 0. The minimum Gasteiger partial charge on any atom is -0.455 e. The highest BCUT2D eigenvalue weighted by molar-refractivity contribution is 5.84. The first-order valence-corrected chi connectivity index (χ1v) is 5.20. The molecule has 0 saturated carbocycles. The standard InChI is InChI=1S/C11H14O4/c1-8(12)15-11-6-3-2-4-9(5-7-11)14-10(11)13/h2,4,9H,3,5-7H2,1H3/b4-2-/t9-,11-/m1/s1. The second-order valence-electron chi connectivity index (χ2n) is 4.04. The number of esters is 2. The Morgan fingerprint density at radius 1 is 1.60 bits per heavy atom. The second-order valence-corrected chi connectivity index (χ2v) is 4.04. The highest BCUT2D eigenvalue weighted by Gasteiger charge is 2.47. The van der Waals surface area contributed by atoms with Gasteiger partial charge in [-0.1, -0.05) is 6.08 Å². The molecule has 2 atom stereocenters. The van der Waals surface area contributed by atoms with E-state index in [0.29, 0.717) is 12.8 Å². The molecule has 15 heavy (non-hydrogen) atoms. The van der Waals surface area contributed by atoms with Crippen LogP contribution >= 0.6 is 0 Å². The quantitative estimate of drug-likeness (QED) is 0.484. The molecule has 1 fully saturated rings. The molecule has 0 aromatic heterocycles. The Morgan fingerprint density at radius 2 is 2.40 bits per heavy atom. The van der Waals surface area contributed by atoms with E-state index in [1.807, 2.05) is 12.2 Å². The second kappa shape index (κ2) is 3.68. The Bertz CT molecular complexity index is 321. The lowest BCUT2D eigenvalue weighted by atomic mass is 9.86. The van der Waals surface area contributed by atoms with Gasteiger partial charge in [-0.3, -0.25) is 4.79 Å². The molecule has 3 rings (SSSR count). The molecule has 3 aliphatic rings. The molecular weight excluding hydrogens is 196 g/mol. The van der Waals surface area contributed by atoms with Crippen molar-refractivity contribution in [3.63, 3.8) is 0 Å². The van der Waals surface area contributed by atoms with Gasteiger partial charge in [0.2, 0.25) is 5.60 Å². The van der Waals surface area contributed by atoms with Gasteiger partial charge < -0.3 is 9.47 Å². The Kier molecular flexibility index (Phi) is 2.50. The topological polar surface area (TPSA) is 52.6 Å². The highest BCUT2D eigenvalue weighted by Crippen LogP contribution is 2.34. The first-order valence-electron chi connectivity index (χ1n) is 5.20. The van der Waals surface area contributed by atoms with Crippen LogP contribution in [0.5, 0.6) is 0 Å². The molecular formula is C11H14O4. The molecule has 4 heteroatoms. The van der Waals surface area contributed by atoms with Gasteiger partial charge in [-0.25, -0.2) is 4.79 Å².